The number of aromatic nitrogens is 1. The number of anilines is 1. The number of halogens is 1. The Balaban J connectivity index is 0.00000232. The predicted octanol–water partition coefficient (Wildman–Crippen LogP) is 1.79. The Hall–Kier alpha value is -2.20. The maximum absolute atomic E-state index is 11.6. The number of hydrogen-bond donors (Lipinski definition) is 2. The highest BCUT2D eigenvalue weighted by Crippen LogP contribution is 2.29. The first-order valence-electron chi connectivity index (χ1n) is 6.00. The fraction of sp³-hybridized carbons (Fsp3) is 0.417. The molecule has 23 heavy (non-hydrogen) atoms. The van der Waals surface area contributed by atoms with Crippen molar-refractivity contribution in [2.75, 3.05) is 12.4 Å². The van der Waals surface area contributed by atoms with Crippen molar-refractivity contribution < 1.29 is 24.0 Å². The Morgan fingerprint density at radius 2 is 1.96 bits per heavy atom. The minimum Gasteiger partial charge on any atom is -0.444 e. The lowest BCUT2D eigenvalue weighted by molar-refractivity contribution is -0.112. The van der Waals surface area contributed by atoms with Crippen LogP contribution in [0.4, 0.5) is 9.93 Å². The fourth-order valence-electron chi connectivity index (χ4n) is 1.19. The molecule has 0 bridgehead atoms. The van der Waals surface area contributed by atoms with Gasteiger partial charge < -0.3 is 20.1 Å². The van der Waals surface area contributed by atoms with Crippen molar-refractivity contribution in [1.29, 1.82) is 0 Å². The van der Waals surface area contributed by atoms with Gasteiger partial charge in [0, 0.05) is 0 Å². The molecule has 1 aromatic heterocycles. The second-order valence-electron chi connectivity index (χ2n) is 4.75. The quantitative estimate of drug-likeness (QED) is 0.618. The zero-order valence-electron chi connectivity index (χ0n) is 13.0. The Bertz CT molecular complexity index is 597. The van der Waals surface area contributed by atoms with Crippen LogP contribution in [-0.4, -0.2) is 42.2 Å². The molecule has 3 N–H and O–H groups in total. The van der Waals surface area contributed by atoms with Crippen LogP contribution in [0.25, 0.3) is 0 Å². The van der Waals surface area contributed by atoms with E-state index in [0.717, 1.165) is 11.3 Å². The molecule has 1 aromatic rings. The number of rotatable bonds is 4. The summed E-state index contributed by atoms with van der Waals surface area (Å²) in [5.74, 6) is -0.854. The van der Waals surface area contributed by atoms with Crippen LogP contribution in [0.5, 0.6) is 0 Å². The lowest BCUT2D eigenvalue weighted by Gasteiger charge is -2.18. The molecule has 0 spiro atoms. The number of nitrogens with one attached hydrogen (secondary N) is 1. The Morgan fingerprint density at radius 3 is 2.39 bits per heavy atom. The van der Waals surface area contributed by atoms with Crippen LogP contribution < -0.4 is 11.1 Å². The van der Waals surface area contributed by atoms with Crippen LogP contribution in [0.1, 0.15) is 26.5 Å². The highest BCUT2D eigenvalue weighted by molar-refractivity contribution is 7.20. The van der Waals surface area contributed by atoms with E-state index in [4.69, 9.17) is 26.9 Å². The first-order chi connectivity index (χ1) is 10.6. The summed E-state index contributed by atoms with van der Waals surface area (Å²) in [5, 5.41) is 6.02. The molecule has 1 heterocycles. The van der Waals surface area contributed by atoms with Gasteiger partial charge in [0.15, 0.2) is 10.8 Å². The van der Waals surface area contributed by atoms with Crippen LogP contribution in [-0.2, 0) is 19.2 Å². The van der Waals surface area contributed by atoms with Gasteiger partial charge in [-0.15, -0.1) is 0 Å². The molecule has 0 saturated heterocycles. The smallest absolute Gasteiger partial charge is 0.413 e. The third kappa shape index (κ3) is 7.06. The number of oxime groups is 1. The van der Waals surface area contributed by atoms with Crippen LogP contribution in [0.15, 0.2) is 5.16 Å². The van der Waals surface area contributed by atoms with Crippen LogP contribution in [0.3, 0.4) is 0 Å². The number of nitrogens with two attached hydrogens (primary N) is 1. The molecule has 0 radical (unpaired) electrons. The monoisotopic (exact) mass is 364 g/mol. The van der Waals surface area contributed by atoms with E-state index in [-0.39, 0.29) is 20.9 Å². The number of hydrogen-bond acceptors (Lipinski definition) is 8. The van der Waals surface area contributed by atoms with Crippen molar-refractivity contribution in [3.8, 4) is 0 Å². The lowest BCUT2D eigenvalue weighted by atomic mass is 10.2. The second kappa shape index (κ2) is 9.06. The van der Waals surface area contributed by atoms with Crippen molar-refractivity contribution in [1.82, 2.24) is 4.98 Å². The van der Waals surface area contributed by atoms with Gasteiger partial charge in [0.25, 0.3) is 5.91 Å². The molecular formula is C12H17ClN4O5S. The molecule has 0 unspecified atom stereocenters. The predicted molar refractivity (Wildman–Crippen MR) is 86.8 cm³/mol. The molecule has 0 aliphatic rings. The largest absolute Gasteiger partial charge is 0.444 e. The number of nitrogens with zero attached hydrogens (tertiary/aromatic N) is 2. The van der Waals surface area contributed by atoms with Crippen molar-refractivity contribution in [3.63, 3.8) is 0 Å². The second-order valence-corrected chi connectivity index (χ2v) is 6.36. The van der Waals surface area contributed by atoms with Gasteiger partial charge in [-0.05, 0) is 20.8 Å². The van der Waals surface area contributed by atoms with Crippen molar-refractivity contribution in [2.45, 2.75) is 26.4 Å². The molecule has 2 amide bonds. The van der Waals surface area contributed by atoms with Crippen LogP contribution >= 0.6 is 22.9 Å². The van der Waals surface area contributed by atoms with Crippen LogP contribution in [0, 0.1) is 0 Å². The third-order valence-electron chi connectivity index (χ3n) is 1.83. The van der Waals surface area contributed by atoms with Crippen LogP contribution in [0.2, 0.25) is 4.34 Å². The molecule has 0 saturated carbocycles. The van der Waals surface area contributed by atoms with E-state index < -0.39 is 17.6 Å². The van der Waals surface area contributed by atoms with Crippen molar-refractivity contribution in [3.05, 3.63) is 10.0 Å². The highest BCUT2D eigenvalue weighted by atomic mass is 35.5. The molecule has 0 fully saturated rings. The van der Waals surface area contributed by atoms with Gasteiger partial charge in [-0.2, -0.15) is 0 Å². The van der Waals surface area contributed by atoms with E-state index in [2.05, 4.69) is 20.3 Å². The summed E-state index contributed by atoms with van der Waals surface area (Å²) in [6.45, 7) is 7.18. The Morgan fingerprint density at radius 1 is 1.39 bits per heavy atom. The minimum atomic E-state index is -0.854. The normalized spacial score (nSPS) is 11.1. The van der Waals surface area contributed by atoms with Gasteiger partial charge in [0.2, 0.25) is 0 Å². The van der Waals surface area contributed by atoms with E-state index in [1.165, 1.54) is 7.11 Å². The Kier molecular flexibility index (Phi) is 8.19. The SMILES string of the molecule is C=O.CO/N=C(\C(N)=O)c1nc(NC(=O)OC(C)(C)C)sc1Cl. The summed E-state index contributed by atoms with van der Waals surface area (Å²) in [5.41, 5.74) is 4.30. The molecular weight excluding hydrogens is 348 g/mol. The van der Waals surface area contributed by atoms with Gasteiger partial charge in [-0.3, -0.25) is 10.1 Å². The maximum atomic E-state index is 11.6. The number of thiazole rings is 1. The Labute approximate surface area is 141 Å². The van der Waals surface area contributed by atoms with Gasteiger partial charge in [0.05, 0.1) is 0 Å². The van der Waals surface area contributed by atoms with Gasteiger partial charge in [-0.25, -0.2) is 9.78 Å². The third-order valence-corrected chi connectivity index (χ3v) is 3.00. The zero-order chi connectivity index (χ0) is 18.2. The average Bonchev–Trinajstić information content (AvgIpc) is 2.76. The van der Waals surface area contributed by atoms with E-state index in [9.17, 15) is 9.59 Å². The molecule has 0 atom stereocenters. The minimum absolute atomic E-state index is 0.0297. The number of primary amides is 1. The summed E-state index contributed by atoms with van der Waals surface area (Å²) < 4.78 is 5.21. The topological polar surface area (TPSA) is 133 Å². The molecule has 0 aromatic carbocycles. The number of ether oxygens (including phenoxy) is 1. The molecule has 9 nitrogen and oxygen atoms in total. The summed E-state index contributed by atoms with van der Waals surface area (Å²) in [7, 11) is 1.25. The fourth-order valence-corrected chi connectivity index (χ4v) is 2.22. The van der Waals surface area contributed by atoms with Gasteiger partial charge >= 0.3 is 6.09 Å². The maximum Gasteiger partial charge on any atom is 0.413 e. The van der Waals surface area contributed by atoms with Gasteiger partial charge in [-0.1, -0.05) is 28.1 Å². The summed E-state index contributed by atoms with van der Waals surface area (Å²) in [4.78, 5) is 39.4. The standard InChI is InChI=1S/C11H15ClN4O4S.CH2O/c1-11(2,3)20-10(18)15-9-14-5(7(12)21-9)6(8(13)17)16-19-4;1-2/h1-4H3,(H2,13,17)(H,14,15,18);1H2/b16-6-;. The molecule has 128 valence electrons. The molecule has 1 rings (SSSR count). The first kappa shape index (κ1) is 20.8. The zero-order valence-corrected chi connectivity index (χ0v) is 14.6. The number of amides is 2. The van der Waals surface area contributed by atoms with E-state index in [1.54, 1.807) is 20.8 Å². The summed E-state index contributed by atoms with van der Waals surface area (Å²) >= 11 is 6.89. The summed E-state index contributed by atoms with van der Waals surface area (Å²) in [6, 6.07) is 0. The molecule has 0 aliphatic carbocycles. The van der Waals surface area contributed by atoms with E-state index >= 15 is 0 Å². The van der Waals surface area contributed by atoms with Crippen molar-refractivity contribution >= 4 is 52.6 Å². The lowest BCUT2D eigenvalue weighted by Crippen LogP contribution is -2.27. The number of carbonyl (C=O) groups is 3. The highest BCUT2D eigenvalue weighted by Gasteiger charge is 2.23. The summed E-state index contributed by atoms with van der Waals surface area (Å²) in [6.07, 6.45) is -0.691. The molecule has 11 heteroatoms. The molecule has 0 aliphatic heterocycles. The number of carbonyl (C=O) groups excluding carboxylic acids is 3. The van der Waals surface area contributed by atoms with Gasteiger partial charge in [0.1, 0.15) is 29.5 Å². The first-order valence-corrected chi connectivity index (χ1v) is 7.20. The van der Waals surface area contributed by atoms with Crippen molar-refractivity contribution in [2.24, 2.45) is 10.9 Å². The van der Waals surface area contributed by atoms with E-state index in [1.807, 2.05) is 6.79 Å². The van der Waals surface area contributed by atoms with E-state index in [0.29, 0.717) is 0 Å². The average molecular weight is 365 g/mol.